The maximum atomic E-state index is 12.0. The Hall–Kier alpha value is -3.00. The van der Waals surface area contributed by atoms with Crippen LogP contribution < -0.4 is 5.56 Å². The quantitative estimate of drug-likeness (QED) is 0.375. The number of para-hydroxylation sites is 1. The Labute approximate surface area is 142 Å². The first-order valence-corrected chi connectivity index (χ1v) is 7.28. The molecule has 0 radical (unpaired) electrons. The first kappa shape index (κ1) is 17.4. The molecule has 0 aliphatic rings. The summed E-state index contributed by atoms with van der Waals surface area (Å²) in [4.78, 5) is 30.3. The molecule has 1 heterocycles. The van der Waals surface area contributed by atoms with Gasteiger partial charge in [-0.25, -0.2) is 4.79 Å². The van der Waals surface area contributed by atoms with E-state index in [0.717, 1.165) is 0 Å². The first-order valence-electron chi connectivity index (χ1n) is 6.88. The molecule has 0 bridgehead atoms. The molecule has 24 heavy (non-hydrogen) atoms. The van der Waals surface area contributed by atoms with Crippen molar-refractivity contribution in [2.24, 2.45) is 4.99 Å². The highest BCUT2D eigenvalue weighted by Gasteiger charge is 2.12. The molecule has 7 nitrogen and oxygen atoms in total. The van der Waals surface area contributed by atoms with E-state index in [1.165, 1.54) is 24.0 Å². The summed E-state index contributed by atoms with van der Waals surface area (Å²) in [6, 6.07) is 6.49. The number of hydrogen-bond acceptors (Lipinski definition) is 6. The molecule has 0 aliphatic heterocycles. The van der Waals surface area contributed by atoms with Gasteiger partial charge in [-0.2, -0.15) is 0 Å². The topological polar surface area (TPSA) is 96.7 Å². The van der Waals surface area contributed by atoms with E-state index in [1.54, 1.807) is 24.3 Å². The van der Waals surface area contributed by atoms with Crippen molar-refractivity contribution in [1.29, 1.82) is 0 Å². The van der Waals surface area contributed by atoms with Crippen LogP contribution in [0.3, 0.4) is 0 Å². The summed E-state index contributed by atoms with van der Waals surface area (Å²) in [6.45, 7) is 3.79. The highest BCUT2D eigenvalue weighted by atomic mass is 32.1. The van der Waals surface area contributed by atoms with Gasteiger partial charge in [-0.15, -0.1) is 6.58 Å². The monoisotopic (exact) mass is 345 g/mol. The summed E-state index contributed by atoms with van der Waals surface area (Å²) < 4.78 is 6.06. The molecule has 2 N–H and O–H groups in total. The lowest BCUT2D eigenvalue weighted by Gasteiger charge is -2.08. The van der Waals surface area contributed by atoms with Crippen molar-refractivity contribution in [1.82, 2.24) is 9.55 Å². The van der Waals surface area contributed by atoms with Crippen LogP contribution in [0.2, 0.25) is 0 Å². The standard InChI is InChI=1S/C16H15N3O4S/c1-3-8-19-14(21)11(13(20)18-16(19)24)9-17-12-7-5-4-6-10(12)15(22)23-2/h3-7,9,21H,1,8H2,2H3,(H,18,20,24). The third-order valence-corrected chi connectivity index (χ3v) is 3.48. The number of esters is 1. The average Bonchev–Trinajstić information content (AvgIpc) is 2.58. The zero-order valence-electron chi connectivity index (χ0n) is 12.9. The Bertz CT molecular complexity index is 928. The number of carbonyl (C=O) groups excluding carboxylic acids is 1. The fraction of sp³-hybridized carbons (Fsp3) is 0.125. The Morgan fingerprint density at radius 3 is 2.88 bits per heavy atom. The minimum atomic E-state index is -0.586. The Balaban J connectivity index is 2.53. The molecule has 0 unspecified atom stereocenters. The normalized spacial score (nSPS) is 10.7. The van der Waals surface area contributed by atoms with Gasteiger partial charge in [0.2, 0.25) is 5.88 Å². The van der Waals surface area contributed by atoms with Crippen molar-refractivity contribution in [3.8, 4) is 5.88 Å². The number of rotatable bonds is 5. The van der Waals surface area contributed by atoms with Gasteiger partial charge in [0, 0.05) is 12.8 Å². The van der Waals surface area contributed by atoms with Crippen molar-refractivity contribution in [3.05, 3.63) is 63.2 Å². The van der Waals surface area contributed by atoms with Crippen molar-refractivity contribution < 1.29 is 14.6 Å². The molecule has 2 aromatic rings. The van der Waals surface area contributed by atoms with Gasteiger partial charge < -0.3 is 9.84 Å². The fourth-order valence-corrected chi connectivity index (χ4v) is 2.25. The Morgan fingerprint density at radius 2 is 2.21 bits per heavy atom. The van der Waals surface area contributed by atoms with Gasteiger partial charge in [0.25, 0.3) is 5.56 Å². The van der Waals surface area contributed by atoms with E-state index in [4.69, 9.17) is 12.2 Å². The number of aromatic amines is 1. The molecule has 0 amide bonds. The number of aliphatic imine (C=N–C) groups is 1. The lowest BCUT2D eigenvalue weighted by molar-refractivity contribution is 0.0601. The second-order valence-corrected chi connectivity index (χ2v) is 5.05. The summed E-state index contributed by atoms with van der Waals surface area (Å²) in [6.07, 6.45) is 2.70. The van der Waals surface area contributed by atoms with Crippen LogP contribution in [0.25, 0.3) is 0 Å². The zero-order valence-corrected chi connectivity index (χ0v) is 13.7. The van der Waals surface area contributed by atoms with Crippen molar-refractivity contribution in [2.45, 2.75) is 6.54 Å². The van der Waals surface area contributed by atoms with Crippen LogP contribution in [0.5, 0.6) is 5.88 Å². The fourth-order valence-electron chi connectivity index (χ4n) is 1.99. The van der Waals surface area contributed by atoms with E-state index in [-0.39, 0.29) is 28.3 Å². The number of nitrogens with zero attached hydrogens (tertiary/aromatic N) is 2. The predicted molar refractivity (Wildman–Crippen MR) is 92.8 cm³/mol. The number of nitrogens with one attached hydrogen (secondary N) is 1. The van der Waals surface area contributed by atoms with Crippen molar-refractivity contribution >= 4 is 30.1 Å². The molecule has 0 spiro atoms. The molecule has 0 atom stereocenters. The van der Waals surface area contributed by atoms with E-state index in [9.17, 15) is 14.7 Å². The van der Waals surface area contributed by atoms with Crippen LogP contribution in [0.15, 0.2) is 46.7 Å². The summed E-state index contributed by atoms with van der Waals surface area (Å²) >= 11 is 4.99. The second kappa shape index (κ2) is 7.51. The average molecular weight is 345 g/mol. The number of allylic oxidation sites excluding steroid dienone is 1. The van der Waals surface area contributed by atoms with E-state index in [1.807, 2.05) is 0 Å². The first-order chi connectivity index (χ1) is 11.5. The number of benzene rings is 1. The molecular formula is C16H15N3O4S. The maximum absolute atomic E-state index is 12.0. The number of aromatic nitrogens is 2. The van der Waals surface area contributed by atoms with Gasteiger partial charge in [0.15, 0.2) is 4.77 Å². The van der Waals surface area contributed by atoms with E-state index in [0.29, 0.717) is 5.69 Å². The maximum Gasteiger partial charge on any atom is 0.340 e. The van der Waals surface area contributed by atoms with Crippen LogP contribution in [0.1, 0.15) is 15.9 Å². The highest BCUT2D eigenvalue weighted by Crippen LogP contribution is 2.20. The number of H-pyrrole nitrogens is 1. The minimum absolute atomic E-state index is 0.0736. The van der Waals surface area contributed by atoms with Gasteiger partial charge in [-0.05, 0) is 24.4 Å². The van der Waals surface area contributed by atoms with Crippen LogP contribution in [0, 0.1) is 4.77 Å². The smallest absolute Gasteiger partial charge is 0.340 e. The van der Waals surface area contributed by atoms with Gasteiger partial charge >= 0.3 is 5.97 Å². The number of ether oxygens (including phenoxy) is 1. The Kier molecular flexibility index (Phi) is 5.43. The van der Waals surface area contributed by atoms with Crippen LogP contribution in [0.4, 0.5) is 5.69 Å². The molecule has 1 aromatic carbocycles. The minimum Gasteiger partial charge on any atom is -0.494 e. The largest absolute Gasteiger partial charge is 0.494 e. The summed E-state index contributed by atoms with van der Waals surface area (Å²) in [5, 5.41) is 10.2. The van der Waals surface area contributed by atoms with Crippen LogP contribution in [-0.2, 0) is 11.3 Å². The number of carbonyl (C=O) groups is 1. The molecule has 0 fully saturated rings. The SMILES string of the molecule is C=CCn1c(O)c(C=Nc2ccccc2C(=O)OC)c(=O)[nH]c1=S. The third kappa shape index (κ3) is 3.49. The zero-order chi connectivity index (χ0) is 17.7. The third-order valence-electron chi connectivity index (χ3n) is 3.16. The van der Waals surface area contributed by atoms with Crippen LogP contribution in [-0.4, -0.2) is 34.0 Å². The molecule has 0 aliphatic carbocycles. The number of aromatic hydroxyl groups is 1. The molecule has 0 saturated carbocycles. The van der Waals surface area contributed by atoms with Crippen molar-refractivity contribution in [2.75, 3.05) is 7.11 Å². The number of hydrogen-bond donors (Lipinski definition) is 2. The van der Waals surface area contributed by atoms with E-state index >= 15 is 0 Å². The molecule has 124 valence electrons. The molecule has 0 saturated heterocycles. The summed E-state index contributed by atoms with van der Waals surface area (Å²) in [5.74, 6) is -0.883. The second-order valence-electron chi connectivity index (χ2n) is 4.66. The highest BCUT2D eigenvalue weighted by molar-refractivity contribution is 7.71. The molecular weight excluding hydrogens is 330 g/mol. The molecule has 8 heteroatoms. The van der Waals surface area contributed by atoms with Crippen LogP contribution >= 0.6 is 12.2 Å². The lowest BCUT2D eigenvalue weighted by Crippen LogP contribution is -2.18. The van der Waals surface area contributed by atoms with Gasteiger partial charge in [-0.3, -0.25) is 19.3 Å². The van der Waals surface area contributed by atoms with Gasteiger partial charge in [-0.1, -0.05) is 18.2 Å². The lowest BCUT2D eigenvalue weighted by atomic mass is 10.2. The molecule has 1 aromatic heterocycles. The Morgan fingerprint density at radius 1 is 1.50 bits per heavy atom. The van der Waals surface area contributed by atoms with Crippen molar-refractivity contribution in [3.63, 3.8) is 0 Å². The molecule has 2 rings (SSSR count). The summed E-state index contributed by atoms with van der Waals surface area (Å²) in [7, 11) is 1.26. The van der Waals surface area contributed by atoms with Gasteiger partial charge in [0.05, 0.1) is 18.4 Å². The summed E-state index contributed by atoms with van der Waals surface area (Å²) in [5.41, 5.74) is -0.117. The van der Waals surface area contributed by atoms with Gasteiger partial charge in [0.1, 0.15) is 5.56 Å². The number of methoxy groups -OCH3 is 1. The predicted octanol–water partition coefficient (Wildman–Crippen LogP) is 2.33. The van der Waals surface area contributed by atoms with E-state index < -0.39 is 11.5 Å². The van der Waals surface area contributed by atoms with E-state index in [2.05, 4.69) is 21.3 Å².